The number of rotatable bonds is 4. The highest BCUT2D eigenvalue weighted by molar-refractivity contribution is 7.98. The van der Waals surface area contributed by atoms with Gasteiger partial charge in [0.2, 0.25) is 0 Å². The van der Waals surface area contributed by atoms with Crippen LogP contribution in [-0.4, -0.2) is 24.0 Å². The molecule has 1 aliphatic heterocycles. The van der Waals surface area contributed by atoms with Crippen molar-refractivity contribution in [1.29, 1.82) is 0 Å². The first-order chi connectivity index (χ1) is 11.8. The minimum absolute atomic E-state index is 0.0212. The lowest BCUT2D eigenvalue weighted by Gasteiger charge is -2.25. The molecule has 1 fully saturated rings. The fraction of sp³-hybridized carbons (Fsp3) is 0.421. The van der Waals surface area contributed by atoms with E-state index in [1.165, 1.54) is 19.3 Å². The topological polar surface area (TPSA) is 45.5 Å². The van der Waals surface area contributed by atoms with E-state index in [1.807, 2.05) is 41.3 Å². The number of carbonyl (C=O) groups excluding carboxylic acids is 1. The summed E-state index contributed by atoms with van der Waals surface area (Å²) in [5.41, 5.74) is 0.851. The van der Waals surface area contributed by atoms with Crippen LogP contribution in [0.2, 0.25) is 0 Å². The van der Waals surface area contributed by atoms with Crippen molar-refractivity contribution >= 4 is 23.5 Å². The van der Waals surface area contributed by atoms with Crippen LogP contribution in [0.4, 0.5) is 10.5 Å². The van der Waals surface area contributed by atoms with Gasteiger partial charge in [0, 0.05) is 23.7 Å². The Balaban J connectivity index is 1.50. The molecular formula is C19H24N2O2S. The summed E-state index contributed by atoms with van der Waals surface area (Å²) in [6.45, 7) is 1.73. The second-order valence-electron chi connectivity index (χ2n) is 6.08. The average molecular weight is 344 g/mol. The van der Waals surface area contributed by atoms with Crippen molar-refractivity contribution in [1.82, 2.24) is 4.90 Å². The Morgan fingerprint density at radius 2 is 1.75 bits per heavy atom. The summed E-state index contributed by atoms with van der Waals surface area (Å²) in [6, 6.07) is 11.9. The number of likely N-dealkylation sites (tertiary alicyclic amines) is 1. The zero-order chi connectivity index (χ0) is 16.6. The third-order valence-corrected chi connectivity index (χ3v) is 5.24. The summed E-state index contributed by atoms with van der Waals surface area (Å²) in [6.07, 6.45) is 7.66. The van der Waals surface area contributed by atoms with Crippen molar-refractivity contribution in [3.05, 3.63) is 48.4 Å². The molecule has 0 radical (unpaired) electrons. The van der Waals surface area contributed by atoms with Crippen molar-refractivity contribution in [3.8, 4) is 0 Å². The second kappa shape index (κ2) is 8.83. The SMILES string of the molecule is O=C(Nc1ccc(SCc2ccco2)cc1)N1CCCCCCC1. The van der Waals surface area contributed by atoms with E-state index >= 15 is 0 Å². The Labute approximate surface area is 147 Å². The summed E-state index contributed by atoms with van der Waals surface area (Å²) < 4.78 is 5.33. The molecule has 1 saturated heterocycles. The van der Waals surface area contributed by atoms with Crippen LogP contribution in [0.3, 0.4) is 0 Å². The molecule has 1 aromatic carbocycles. The number of nitrogens with zero attached hydrogens (tertiary/aromatic N) is 1. The third-order valence-electron chi connectivity index (χ3n) is 4.21. The van der Waals surface area contributed by atoms with E-state index in [4.69, 9.17) is 4.42 Å². The number of nitrogens with one attached hydrogen (secondary N) is 1. The number of furan rings is 1. The number of hydrogen-bond donors (Lipinski definition) is 1. The molecule has 128 valence electrons. The highest BCUT2D eigenvalue weighted by Crippen LogP contribution is 2.24. The fourth-order valence-electron chi connectivity index (χ4n) is 2.84. The minimum atomic E-state index is 0.0212. The van der Waals surface area contributed by atoms with Gasteiger partial charge in [-0.1, -0.05) is 19.3 Å². The largest absolute Gasteiger partial charge is 0.468 e. The Kier molecular flexibility index (Phi) is 6.24. The van der Waals surface area contributed by atoms with Crippen molar-refractivity contribution in [2.45, 2.75) is 42.8 Å². The lowest BCUT2D eigenvalue weighted by atomic mass is 10.1. The predicted molar refractivity (Wildman–Crippen MR) is 98.4 cm³/mol. The number of carbonyl (C=O) groups is 1. The van der Waals surface area contributed by atoms with E-state index in [-0.39, 0.29) is 6.03 Å². The van der Waals surface area contributed by atoms with Crippen LogP contribution >= 0.6 is 11.8 Å². The van der Waals surface area contributed by atoms with Crippen molar-refractivity contribution < 1.29 is 9.21 Å². The first kappa shape index (κ1) is 17.0. The van der Waals surface area contributed by atoms with Gasteiger partial charge in [0.05, 0.1) is 12.0 Å². The van der Waals surface area contributed by atoms with Gasteiger partial charge in [-0.05, 0) is 49.2 Å². The number of anilines is 1. The number of urea groups is 1. The monoisotopic (exact) mass is 344 g/mol. The molecule has 0 bridgehead atoms. The molecule has 4 nitrogen and oxygen atoms in total. The van der Waals surface area contributed by atoms with Gasteiger partial charge < -0.3 is 14.6 Å². The summed E-state index contributed by atoms with van der Waals surface area (Å²) in [4.78, 5) is 15.5. The van der Waals surface area contributed by atoms with Gasteiger partial charge in [-0.15, -0.1) is 11.8 Å². The number of thioether (sulfide) groups is 1. The van der Waals surface area contributed by atoms with Crippen LogP contribution in [0.25, 0.3) is 0 Å². The first-order valence-corrected chi connectivity index (χ1v) is 9.61. The Hall–Kier alpha value is -1.88. The summed E-state index contributed by atoms with van der Waals surface area (Å²) >= 11 is 1.72. The van der Waals surface area contributed by atoms with Crippen LogP contribution in [-0.2, 0) is 5.75 Å². The van der Waals surface area contributed by atoms with Crippen LogP contribution < -0.4 is 5.32 Å². The van der Waals surface area contributed by atoms with Gasteiger partial charge in [-0.25, -0.2) is 4.79 Å². The average Bonchev–Trinajstić information content (AvgIpc) is 3.07. The van der Waals surface area contributed by atoms with E-state index in [0.29, 0.717) is 0 Å². The zero-order valence-corrected chi connectivity index (χ0v) is 14.7. The summed E-state index contributed by atoms with van der Waals surface area (Å²) in [5, 5.41) is 3.02. The van der Waals surface area contributed by atoms with E-state index in [0.717, 1.165) is 48.0 Å². The lowest BCUT2D eigenvalue weighted by Crippen LogP contribution is -2.37. The third kappa shape index (κ3) is 5.06. The highest BCUT2D eigenvalue weighted by Gasteiger charge is 2.14. The minimum Gasteiger partial charge on any atom is -0.468 e. The normalized spacial score (nSPS) is 15.6. The number of benzene rings is 1. The maximum absolute atomic E-state index is 12.4. The summed E-state index contributed by atoms with van der Waals surface area (Å²) in [5.74, 6) is 1.78. The molecule has 2 aromatic rings. The molecule has 0 aliphatic carbocycles. The Morgan fingerprint density at radius 1 is 1.04 bits per heavy atom. The van der Waals surface area contributed by atoms with Crippen LogP contribution in [0, 0.1) is 0 Å². The van der Waals surface area contributed by atoms with Gasteiger partial charge in [0.25, 0.3) is 0 Å². The molecule has 0 saturated carbocycles. The first-order valence-electron chi connectivity index (χ1n) is 8.62. The predicted octanol–water partition coefficient (Wildman–Crippen LogP) is 5.37. The lowest BCUT2D eigenvalue weighted by molar-refractivity contribution is 0.206. The quantitative estimate of drug-likeness (QED) is 0.758. The van der Waals surface area contributed by atoms with Gasteiger partial charge in [-0.2, -0.15) is 0 Å². The standard InChI is InChI=1S/C19H24N2O2S/c22-19(21-12-4-2-1-3-5-13-21)20-16-8-10-18(11-9-16)24-15-17-7-6-14-23-17/h6-11,14H,1-5,12-13,15H2,(H,20,22). The van der Waals surface area contributed by atoms with Crippen molar-refractivity contribution in [2.75, 3.05) is 18.4 Å². The molecule has 2 amide bonds. The highest BCUT2D eigenvalue weighted by atomic mass is 32.2. The Morgan fingerprint density at radius 3 is 2.42 bits per heavy atom. The molecule has 0 spiro atoms. The number of amides is 2. The molecule has 0 atom stereocenters. The van der Waals surface area contributed by atoms with Crippen LogP contribution in [0.5, 0.6) is 0 Å². The number of hydrogen-bond acceptors (Lipinski definition) is 3. The van der Waals surface area contributed by atoms with E-state index in [2.05, 4.69) is 5.32 Å². The molecule has 1 N–H and O–H groups in total. The molecule has 24 heavy (non-hydrogen) atoms. The molecule has 1 aliphatic rings. The van der Waals surface area contributed by atoms with E-state index < -0.39 is 0 Å². The molecule has 0 unspecified atom stereocenters. The molecule has 3 rings (SSSR count). The zero-order valence-electron chi connectivity index (χ0n) is 13.9. The van der Waals surface area contributed by atoms with Crippen LogP contribution in [0.15, 0.2) is 52.0 Å². The van der Waals surface area contributed by atoms with Gasteiger partial charge in [-0.3, -0.25) is 0 Å². The molecular weight excluding hydrogens is 320 g/mol. The van der Waals surface area contributed by atoms with Crippen molar-refractivity contribution in [2.24, 2.45) is 0 Å². The maximum Gasteiger partial charge on any atom is 0.321 e. The van der Waals surface area contributed by atoms with Crippen molar-refractivity contribution in [3.63, 3.8) is 0 Å². The molecule has 5 heteroatoms. The second-order valence-corrected chi connectivity index (χ2v) is 7.13. The van der Waals surface area contributed by atoms with Gasteiger partial charge >= 0.3 is 6.03 Å². The Bertz CT molecular complexity index is 617. The fourth-order valence-corrected chi connectivity index (χ4v) is 3.64. The summed E-state index contributed by atoms with van der Waals surface area (Å²) in [7, 11) is 0. The van der Waals surface area contributed by atoms with Crippen LogP contribution in [0.1, 0.15) is 37.9 Å². The molecule has 2 heterocycles. The maximum atomic E-state index is 12.4. The van der Waals surface area contributed by atoms with E-state index in [9.17, 15) is 4.79 Å². The van der Waals surface area contributed by atoms with Gasteiger partial charge in [0.1, 0.15) is 5.76 Å². The van der Waals surface area contributed by atoms with E-state index in [1.54, 1.807) is 18.0 Å². The molecule has 1 aromatic heterocycles. The smallest absolute Gasteiger partial charge is 0.321 e. The van der Waals surface area contributed by atoms with Gasteiger partial charge in [0.15, 0.2) is 0 Å².